The molecule has 2 fully saturated rings. The van der Waals surface area contributed by atoms with Crippen LogP contribution in [-0.2, 0) is 4.74 Å². The maximum Gasteiger partial charge on any atom is 0.254 e. The van der Waals surface area contributed by atoms with Crippen LogP contribution in [0.15, 0.2) is 24.5 Å². The Morgan fingerprint density at radius 3 is 2.88 bits per heavy atom. The molecule has 2 aromatic rings. The fourth-order valence-corrected chi connectivity index (χ4v) is 4.82. The predicted molar refractivity (Wildman–Crippen MR) is 90.6 cm³/mol. The summed E-state index contributed by atoms with van der Waals surface area (Å²) in [6.07, 6.45) is 5.60. The summed E-state index contributed by atoms with van der Waals surface area (Å²) >= 11 is 1.89. The Bertz CT molecular complexity index is 780. The lowest BCUT2D eigenvalue weighted by molar-refractivity contribution is -0.0688. The molecule has 2 aliphatic heterocycles. The van der Waals surface area contributed by atoms with E-state index >= 15 is 0 Å². The van der Waals surface area contributed by atoms with Gasteiger partial charge in [0.15, 0.2) is 0 Å². The molecule has 0 aliphatic carbocycles. The standard InChI is InChI=1S/C17H18FN3O2S/c18-13-8-15-14(19-3-4-20-15)7-12(13)16(22)21-11-1-5-23-17(9-11)2-6-24-10-17/h3-4,7-8,11H,1-2,5-6,9-10H2,(H,21,22)/t11-,17+/m0/s1. The van der Waals surface area contributed by atoms with Gasteiger partial charge < -0.3 is 10.1 Å². The smallest absolute Gasteiger partial charge is 0.254 e. The minimum atomic E-state index is -0.571. The van der Waals surface area contributed by atoms with Crippen LogP contribution in [0.5, 0.6) is 0 Å². The van der Waals surface area contributed by atoms with Gasteiger partial charge in [0, 0.05) is 36.9 Å². The van der Waals surface area contributed by atoms with Crippen LogP contribution >= 0.6 is 11.8 Å². The largest absolute Gasteiger partial charge is 0.374 e. The Morgan fingerprint density at radius 2 is 2.12 bits per heavy atom. The van der Waals surface area contributed by atoms with E-state index in [1.807, 2.05) is 11.8 Å². The molecule has 2 aliphatic rings. The molecule has 126 valence electrons. The lowest BCUT2D eigenvalue weighted by atomic mass is 9.89. The first-order valence-corrected chi connectivity index (χ1v) is 9.24. The van der Waals surface area contributed by atoms with Gasteiger partial charge in [-0.3, -0.25) is 14.8 Å². The molecule has 2 saturated heterocycles. The quantitative estimate of drug-likeness (QED) is 0.904. The molecule has 1 aromatic carbocycles. The number of aromatic nitrogens is 2. The van der Waals surface area contributed by atoms with Crippen molar-refractivity contribution >= 4 is 28.7 Å². The molecule has 1 aromatic heterocycles. The zero-order valence-electron chi connectivity index (χ0n) is 13.1. The number of halogens is 1. The van der Waals surface area contributed by atoms with Gasteiger partial charge in [-0.15, -0.1) is 0 Å². The summed E-state index contributed by atoms with van der Waals surface area (Å²) in [5.41, 5.74) is 0.859. The molecule has 0 bridgehead atoms. The molecule has 0 radical (unpaired) electrons. The van der Waals surface area contributed by atoms with Crippen LogP contribution in [0.25, 0.3) is 11.0 Å². The summed E-state index contributed by atoms with van der Waals surface area (Å²) in [4.78, 5) is 20.7. The van der Waals surface area contributed by atoms with E-state index in [-0.39, 0.29) is 17.2 Å². The molecule has 1 spiro atoms. The third kappa shape index (κ3) is 2.98. The molecule has 4 rings (SSSR count). The van der Waals surface area contributed by atoms with Gasteiger partial charge in [-0.1, -0.05) is 0 Å². The molecular weight excluding hydrogens is 329 g/mol. The molecule has 24 heavy (non-hydrogen) atoms. The third-order valence-electron chi connectivity index (χ3n) is 4.70. The van der Waals surface area contributed by atoms with Crippen LogP contribution in [0.1, 0.15) is 29.6 Å². The highest BCUT2D eigenvalue weighted by Gasteiger charge is 2.40. The number of carbonyl (C=O) groups is 1. The van der Waals surface area contributed by atoms with Crippen molar-refractivity contribution in [2.75, 3.05) is 18.1 Å². The van der Waals surface area contributed by atoms with Crippen molar-refractivity contribution < 1.29 is 13.9 Å². The molecule has 0 unspecified atom stereocenters. The summed E-state index contributed by atoms with van der Waals surface area (Å²) in [5, 5.41) is 2.98. The maximum atomic E-state index is 14.3. The molecule has 7 heteroatoms. The number of nitrogens with zero attached hydrogens (tertiary/aromatic N) is 2. The number of nitrogens with one attached hydrogen (secondary N) is 1. The third-order valence-corrected chi connectivity index (χ3v) is 5.92. The number of ether oxygens (including phenoxy) is 1. The highest BCUT2D eigenvalue weighted by atomic mass is 32.2. The number of hydrogen-bond acceptors (Lipinski definition) is 5. The van der Waals surface area contributed by atoms with Crippen LogP contribution in [0, 0.1) is 5.82 Å². The van der Waals surface area contributed by atoms with Crippen LogP contribution < -0.4 is 5.32 Å². The number of fused-ring (bicyclic) bond motifs is 1. The van der Waals surface area contributed by atoms with E-state index in [2.05, 4.69) is 15.3 Å². The van der Waals surface area contributed by atoms with E-state index in [9.17, 15) is 9.18 Å². The highest BCUT2D eigenvalue weighted by molar-refractivity contribution is 7.99. The topological polar surface area (TPSA) is 64.1 Å². The highest BCUT2D eigenvalue weighted by Crippen LogP contribution is 2.38. The zero-order valence-corrected chi connectivity index (χ0v) is 13.9. The molecule has 3 heterocycles. The predicted octanol–water partition coefficient (Wildman–Crippen LogP) is 2.55. The Morgan fingerprint density at radius 1 is 1.33 bits per heavy atom. The van der Waals surface area contributed by atoms with Gasteiger partial charge in [0.05, 0.1) is 22.2 Å². The SMILES string of the molecule is O=C(N[C@H]1CCO[C@]2(CCSC2)C1)c1cc2nccnc2cc1F. The van der Waals surface area contributed by atoms with Gasteiger partial charge in [0.1, 0.15) is 5.82 Å². The second-order valence-electron chi connectivity index (χ2n) is 6.37. The van der Waals surface area contributed by atoms with E-state index in [4.69, 9.17) is 4.74 Å². The van der Waals surface area contributed by atoms with E-state index in [0.29, 0.717) is 17.6 Å². The minimum Gasteiger partial charge on any atom is -0.374 e. The number of hydrogen-bond donors (Lipinski definition) is 1. The lowest BCUT2D eigenvalue weighted by Crippen LogP contribution is -2.48. The molecular formula is C17H18FN3O2S. The Hall–Kier alpha value is -1.73. The fraction of sp³-hybridized carbons (Fsp3) is 0.471. The van der Waals surface area contributed by atoms with Crippen LogP contribution in [-0.4, -0.2) is 45.6 Å². The first-order chi connectivity index (χ1) is 11.7. The van der Waals surface area contributed by atoms with E-state index in [0.717, 1.165) is 30.8 Å². The number of benzene rings is 1. The van der Waals surface area contributed by atoms with E-state index in [1.54, 1.807) is 0 Å². The van der Waals surface area contributed by atoms with Crippen molar-refractivity contribution in [1.29, 1.82) is 0 Å². The van der Waals surface area contributed by atoms with Crippen molar-refractivity contribution in [3.8, 4) is 0 Å². The second kappa shape index (κ2) is 6.29. The zero-order chi connectivity index (χ0) is 16.6. The second-order valence-corrected chi connectivity index (χ2v) is 7.48. The normalized spacial score (nSPS) is 26.8. The first kappa shape index (κ1) is 15.8. The fourth-order valence-electron chi connectivity index (χ4n) is 3.44. The average molecular weight is 347 g/mol. The van der Waals surface area contributed by atoms with Crippen molar-refractivity contribution in [2.24, 2.45) is 0 Å². The van der Waals surface area contributed by atoms with Crippen molar-refractivity contribution in [1.82, 2.24) is 15.3 Å². The van der Waals surface area contributed by atoms with E-state index < -0.39 is 11.7 Å². The number of carbonyl (C=O) groups excluding carboxylic acids is 1. The lowest BCUT2D eigenvalue weighted by Gasteiger charge is -2.38. The van der Waals surface area contributed by atoms with E-state index in [1.165, 1.54) is 24.5 Å². The summed E-state index contributed by atoms with van der Waals surface area (Å²) in [6.45, 7) is 0.636. The first-order valence-electron chi connectivity index (χ1n) is 8.08. The molecule has 5 nitrogen and oxygen atoms in total. The van der Waals surface area contributed by atoms with Crippen LogP contribution in [0.2, 0.25) is 0 Å². The van der Waals surface area contributed by atoms with Gasteiger partial charge in [-0.05, 0) is 31.1 Å². The monoisotopic (exact) mass is 347 g/mol. The Balaban J connectivity index is 1.52. The summed E-state index contributed by atoms with van der Waals surface area (Å²) in [5.74, 6) is 1.10. The number of rotatable bonds is 2. The van der Waals surface area contributed by atoms with Gasteiger partial charge in [0.2, 0.25) is 0 Å². The minimum absolute atomic E-state index is 0.0157. The van der Waals surface area contributed by atoms with Crippen molar-refractivity contribution in [3.05, 3.63) is 35.9 Å². The Kier molecular flexibility index (Phi) is 4.14. The molecule has 2 atom stereocenters. The number of thioether (sulfide) groups is 1. The summed E-state index contributed by atoms with van der Waals surface area (Å²) in [7, 11) is 0. The molecule has 1 N–H and O–H groups in total. The summed E-state index contributed by atoms with van der Waals surface area (Å²) < 4.78 is 20.2. The molecule has 1 amide bonds. The van der Waals surface area contributed by atoms with Crippen LogP contribution in [0.4, 0.5) is 4.39 Å². The average Bonchev–Trinajstić information content (AvgIpc) is 3.01. The Labute approximate surface area is 143 Å². The summed E-state index contributed by atoms with van der Waals surface area (Å²) in [6, 6.07) is 2.74. The van der Waals surface area contributed by atoms with Crippen molar-refractivity contribution in [3.63, 3.8) is 0 Å². The van der Waals surface area contributed by atoms with Gasteiger partial charge in [0.25, 0.3) is 5.91 Å². The van der Waals surface area contributed by atoms with Crippen molar-refractivity contribution in [2.45, 2.75) is 30.9 Å². The number of amides is 1. The van der Waals surface area contributed by atoms with Gasteiger partial charge in [-0.25, -0.2) is 4.39 Å². The van der Waals surface area contributed by atoms with Gasteiger partial charge in [-0.2, -0.15) is 11.8 Å². The van der Waals surface area contributed by atoms with Crippen LogP contribution in [0.3, 0.4) is 0 Å². The maximum absolute atomic E-state index is 14.3. The van der Waals surface area contributed by atoms with Gasteiger partial charge >= 0.3 is 0 Å². The molecule has 0 saturated carbocycles.